The SMILES string of the molecule is CC(=O)Nc1cccc(C(=O)OC(C(=O)Nc2ccccc2)C(C)C)c1. The van der Waals surface area contributed by atoms with Crippen molar-refractivity contribution in [3.63, 3.8) is 0 Å². The number of anilines is 2. The third-order valence-corrected chi connectivity index (χ3v) is 3.56. The van der Waals surface area contributed by atoms with Crippen LogP contribution in [0.3, 0.4) is 0 Å². The van der Waals surface area contributed by atoms with Gasteiger partial charge < -0.3 is 15.4 Å². The molecule has 0 aromatic heterocycles. The fourth-order valence-electron chi connectivity index (χ4n) is 2.34. The van der Waals surface area contributed by atoms with Gasteiger partial charge in [-0.3, -0.25) is 9.59 Å². The van der Waals surface area contributed by atoms with E-state index in [4.69, 9.17) is 4.74 Å². The summed E-state index contributed by atoms with van der Waals surface area (Å²) in [6.45, 7) is 4.99. The molecule has 0 saturated heterocycles. The van der Waals surface area contributed by atoms with Gasteiger partial charge in [0.25, 0.3) is 5.91 Å². The molecule has 0 radical (unpaired) electrons. The number of benzene rings is 2. The Balaban J connectivity index is 2.10. The van der Waals surface area contributed by atoms with Crippen LogP contribution in [0.2, 0.25) is 0 Å². The highest BCUT2D eigenvalue weighted by Gasteiger charge is 2.27. The van der Waals surface area contributed by atoms with Crippen molar-refractivity contribution >= 4 is 29.2 Å². The molecule has 6 nitrogen and oxygen atoms in total. The predicted molar refractivity (Wildman–Crippen MR) is 99.9 cm³/mol. The molecule has 2 aromatic carbocycles. The zero-order valence-electron chi connectivity index (χ0n) is 15.0. The van der Waals surface area contributed by atoms with E-state index in [0.717, 1.165) is 0 Å². The summed E-state index contributed by atoms with van der Waals surface area (Å²) in [7, 11) is 0. The zero-order chi connectivity index (χ0) is 19.1. The molecular formula is C20H22N2O4. The molecule has 2 amide bonds. The van der Waals surface area contributed by atoms with Crippen molar-refractivity contribution in [3.05, 3.63) is 60.2 Å². The summed E-state index contributed by atoms with van der Waals surface area (Å²) in [6.07, 6.45) is -0.938. The van der Waals surface area contributed by atoms with Crippen molar-refractivity contribution in [3.8, 4) is 0 Å². The summed E-state index contributed by atoms with van der Waals surface area (Å²) < 4.78 is 5.43. The first kappa shape index (κ1) is 19.2. The Morgan fingerprint density at radius 2 is 1.54 bits per heavy atom. The minimum Gasteiger partial charge on any atom is -0.448 e. The van der Waals surface area contributed by atoms with Crippen LogP contribution in [0.25, 0.3) is 0 Å². The van der Waals surface area contributed by atoms with Crippen molar-refractivity contribution < 1.29 is 19.1 Å². The van der Waals surface area contributed by atoms with E-state index in [2.05, 4.69) is 10.6 Å². The van der Waals surface area contributed by atoms with E-state index in [9.17, 15) is 14.4 Å². The van der Waals surface area contributed by atoms with Crippen LogP contribution in [0.1, 0.15) is 31.1 Å². The smallest absolute Gasteiger partial charge is 0.338 e. The average molecular weight is 354 g/mol. The fourth-order valence-corrected chi connectivity index (χ4v) is 2.34. The Bertz CT molecular complexity index is 787. The highest BCUT2D eigenvalue weighted by atomic mass is 16.5. The number of carbonyl (C=O) groups is 3. The lowest BCUT2D eigenvalue weighted by atomic mass is 10.1. The number of para-hydroxylation sites is 1. The number of amides is 2. The van der Waals surface area contributed by atoms with Gasteiger partial charge >= 0.3 is 5.97 Å². The first-order chi connectivity index (χ1) is 12.4. The maximum atomic E-state index is 12.5. The monoisotopic (exact) mass is 354 g/mol. The lowest BCUT2D eigenvalue weighted by Crippen LogP contribution is -2.36. The number of hydrogen-bond donors (Lipinski definition) is 2. The molecule has 2 aromatic rings. The first-order valence-electron chi connectivity index (χ1n) is 8.31. The molecule has 6 heteroatoms. The average Bonchev–Trinajstić information content (AvgIpc) is 2.59. The summed E-state index contributed by atoms with van der Waals surface area (Å²) in [5.74, 6) is -1.46. The van der Waals surface area contributed by atoms with Crippen LogP contribution in [0.4, 0.5) is 11.4 Å². The quantitative estimate of drug-likeness (QED) is 0.778. The van der Waals surface area contributed by atoms with Crippen LogP contribution in [0, 0.1) is 5.92 Å². The van der Waals surface area contributed by atoms with E-state index in [1.54, 1.807) is 56.3 Å². The van der Waals surface area contributed by atoms with Gasteiger partial charge in [-0.2, -0.15) is 0 Å². The third-order valence-electron chi connectivity index (χ3n) is 3.56. The van der Waals surface area contributed by atoms with Gasteiger partial charge in [-0.05, 0) is 36.2 Å². The molecule has 0 aliphatic carbocycles. The van der Waals surface area contributed by atoms with Gasteiger partial charge in [0.2, 0.25) is 5.91 Å². The number of nitrogens with one attached hydrogen (secondary N) is 2. The Morgan fingerprint density at radius 3 is 2.15 bits per heavy atom. The van der Waals surface area contributed by atoms with Crippen LogP contribution >= 0.6 is 0 Å². The van der Waals surface area contributed by atoms with Gasteiger partial charge in [-0.1, -0.05) is 38.1 Å². The van der Waals surface area contributed by atoms with E-state index in [1.807, 2.05) is 6.07 Å². The fraction of sp³-hybridized carbons (Fsp3) is 0.250. The summed E-state index contributed by atoms with van der Waals surface area (Å²) >= 11 is 0. The maximum Gasteiger partial charge on any atom is 0.338 e. The highest BCUT2D eigenvalue weighted by molar-refractivity contribution is 5.98. The molecule has 2 rings (SSSR count). The highest BCUT2D eigenvalue weighted by Crippen LogP contribution is 2.16. The van der Waals surface area contributed by atoms with Crippen molar-refractivity contribution in [1.29, 1.82) is 0 Å². The van der Waals surface area contributed by atoms with E-state index in [-0.39, 0.29) is 17.4 Å². The lowest BCUT2D eigenvalue weighted by molar-refractivity contribution is -0.126. The van der Waals surface area contributed by atoms with Crippen molar-refractivity contribution in [2.45, 2.75) is 26.9 Å². The first-order valence-corrected chi connectivity index (χ1v) is 8.31. The molecule has 0 bridgehead atoms. The Hall–Kier alpha value is -3.15. The van der Waals surface area contributed by atoms with Crippen molar-refractivity contribution in [2.24, 2.45) is 5.92 Å². The largest absolute Gasteiger partial charge is 0.448 e. The molecule has 0 fully saturated rings. The molecule has 2 N–H and O–H groups in total. The van der Waals surface area contributed by atoms with Gasteiger partial charge in [0.1, 0.15) is 0 Å². The molecule has 0 heterocycles. The van der Waals surface area contributed by atoms with Crippen molar-refractivity contribution in [2.75, 3.05) is 10.6 Å². The molecule has 0 spiro atoms. The second kappa shape index (κ2) is 8.80. The Morgan fingerprint density at radius 1 is 0.885 bits per heavy atom. The lowest BCUT2D eigenvalue weighted by Gasteiger charge is -2.21. The summed E-state index contributed by atoms with van der Waals surface area (Å²) in [5.41, 5.74) is 1.38. The van der Waals surface area contributed by atoms with Gasteiger partial charge in [-0.15, -0.1) is 0 Å². The molecular weight excluding hydrogens is 332 g/mol. The number of ether oxygens (including phenoxy) is 1. The third kappa shape index (κ3) is 5.44. The predicted octanol–water partition coefficient (Wildman–Crippen LogP) is 3.47. The maximum absolute atomic E-state index is 12.5. The summed E-state index contributed by atoms with van der Waals surface area (Å²) in [4.78, 5) is 36.1. The Kier molecular flexibility index (Phi) is 6.49. The minimum absolute atomic E-state index is 0.207. The number of esters is 1. The molecule has 0 saturated carbocycles. The van der Waals surface area contributed by atoms with Gasteiger partial charge in [0, 0.05) is 18.3 Å². The molecule has 136 valence electrons. The van der Waals surface area contributed by atoms with E-state index in [0.29, 0.717) is 11.4 Å². The topological polar surface area (TPSA) is 84.5 Å². The van der Waals surface area contributed by atoms with Crippen LogP contribution < -0.4 is 10.6 Å². The second-order valence-corrected chi connectivity index (χ2v) is 6.19. The normalized spacial score (nSPS) is 11.5. The molecule has 1 unspecified atom stereocenters. The van der Waals surface area contributed by atoms with Gasteiger partial charge in [0.15, 0.2) is 6.10 Å². The van der Waals surface area contributed by atoms with E-state index in [1.165, 1.54) is 13.0 Å². The van der Waals surface area contributed by atoms with Crippen LogP contribution in [-0.2, 0) is 14.3 Å². The van der Waals surface area contributed by atoms with Crippen molar-refractivity contribution in [1.82, 2.24) is 0 Å². The van der Waals surface area contributed by atoms with Crippen LogP contribution in [0.5, 0.6) is 0 Å². The standard InChI is InChI=1S/C20H22N2O4/c1-13(2)18(19(24)22-16-9-5-4-6-10-16)26-20(25)15-8-7-11-17(12-15)21-14(3)23/h4-13,18H,1-3H3,(H,21,23)(H,22,24). The minimum atomic E-state index is -0.938. The molecule has 1 atom stereocenters. The number of carbonyl (C=O) groups excluding carboxylic acids is 3. The van der Waals surface area contributed by atoms with Gasteiger partial charge in [0.05, 0.1) is 5.56 Å². The molecule has 26 heavy (non-hydrogen) atoms. The zero-order valence-corrected chi connectivity index (χ0v) is 15.0. The summed E-state index contributed by atoms with van der Waals surface area (Å²) in [6, 6.07) is 15.4. The van der Waals surface area contributed by atoms with E-state index < -0.39 is 18.0 Å². The molecule has 0 aliphatic heterocycles. The van der Waals surface area contributed by atoms with Gasteiger partial charge in [-0.25, -0.2) is 4.79 Å². The van der Waals surface area contributed by atoms with Crippen LogP contribution in [-0.4, -0.2) is 23.9 Å². The summed E-state index contributed by atoms with van der Waals surface area (Å²) in [5, 5.41) is 5.35. The number of rotatable bonds is 6. The number of hydrogen-bond acceptors (Lipinski definition) is 4. The van der Waals surface area contributed by atoms with E-state index >= 15 is 0 Å². The molecule has 0 aliphatic rings. The second-order valence-electron chi connectivity index (χ2n) is 6.19. The van der Waals surface area contributed by atoms with Crippen LogP contribution in [0.15, 0.2) is 54.6 Å². The Labute approximate surface area is 152 Å².